The van der Waals surface area contributed by atoms with Crippen LogP contribution in [0.1, 0.15) is 28.3 Å². The Morgan fingerprint density at radius 3 is 2.28 bits per heavy atom. The Morgan fingerprint density at radius 1 is 0.781 bits per heavy atom. The van der Waals surface area contributed by atoms with E-state index in [-0.39, 0.29) is 0 Å². The fourth-order valence-electron chi connectivity index (χ4n) is 4.65. The molecule has 6 heteroatoms. The predicted molar refractivity (Wildman–Crippen MR) is 126 cm³/mol. The van der Waals surface area contributed by atoms with Gasteiger partial charge in [-0.15, -0.1) is 0 Å². The second-order valence-corrected chi connectivity index (χ2v) is 8.92. The van der Waals surface area contributed by atoms with Gasteiger partial charge in [0.05, 0.1) is 33.4 Å². The maximum Gasteiger partial charge on any atom is 0.179 e. The summed E-state index contributed by atoms with van der Waals surface area (Å²) in [5.41, 5.74) is 5.44. The molecule has 0 bridgehead atoms. The number of hydrogen-bond acceptors (Lipinski definition) is 6. The van der Waals surface area contributed by atoms with E-state index in [1.54, 1.807) is 21.3 Å². The van der Waals surface area contributed by atoms with E-state index in [1.807, 2.05) is 24.3 Å². The van der Waals surface area contributed by atoms with E-state index in [0.717, 1.165) is 53.8 Å². The number of benzene rings is 3. The van der Waals surface area contributed by atoms with Crippen LogP contribution in [-0.2, 0) is 19.4 Å². The summed E-state index contributed by atoms with van der Waals surface area (Å²) in [5.74, 6) is 3.29. The molecule has 1 atom stereocenters. The molecule has 0 spiro atoms. The molecule has 166 valence electrons. The highest BCUT2D eigenvalue weighted by Crippen LogP contribution is 2.43. The Morgan fingerprint density at radius 2 is 1.53 bits per heavy atom. The first kappa shape index (κ1) is 21.0. The van der Waals surface area contributed by atoms with Gasteiger partial charge in [0, 0.05) is 24.0 Å². The summed E-state index contributed by atoms with van der Waals surface area (Å²) in [7, 11) is 5.09. The lowest BCUT2D eigenvalue weighted by molar-refractivity contribution is 0.160. The Kier molecular flexibility index (Phi) is 5.89. The fourth-order valence-corrected chi connectivity index (χ4v) is 5.22. The van der Waals surface area contributed by atoms with E-state index in [0.29, 0.717) is 6.04 Å². The molecule has 3 aromatic rings. The molecule has 0 saturated carbocycles. The first-order valence-electron chi connectivity index (χ1n) is 10.8. The van der Waals surface area contributed by atoms with Gasteiger partial charge in [-0.2, -0.15) is 0 Å². The molecule has 0 fully saturated rings. The highest BCUT2D eigenvalue weighted by atomic mass is 32.2. The zero-order chi connectivity index (χ0) is 22.1. The highest BCUT2D eigenvalue weighted by molar-refractivity contribution is 7.95. The van der Waals surface area contributed by atoms with E-state index < -0.39 is 0 Å². The van der Waals surface area contributed by atoms with Crippen LogP contribution in [0.4, 0.5) is 0 Å². The Labute approximate surface area is 193 Å². The smallest absolute Gasteiger partial charge is 0.179 e. The van der Waals surface area contributed by atoms with Crippen LogP contribution in [0.2, 0.25) is 0 Å². The van der Waals surface area contributed by atoms with Crippen LogP contribution in [-0.4, -0.2) is 32.8 Å². The zero-order valence-electron chi connectivity index (χ0n) is 18.6. The summed E-state index contributed by atoms with van der Waals surface area (Å²) in [5, 5.41) is 0. The van der Waals surface area contributed by atoms with Crippen LogP contribution >= 0.6 is 12.0 Å². The van der Waals surface area contributed by atoms with Crippen LogP contribution in [0.5, 0.6) is 23.0 Å². The van der Waals surface area contributed by atoms with Crippen LogP contribution < -0.4 is 18.4 Å². The first-order chi connectivity index (χ1) is 15.7. The molecule has 5 nitrogen and oxygen atoms in total. The molecule has 0 amide bonds. The number of fused-ring (bicyclic) bond motifs is 4. The monoisotopic (exact) mass is 449 g/mol. The van der Waals surface area contributed by atoms with Crippen molar-refractivity contribution in [3.8, 4) is 23.0 Å². The van der Waals surface area contributed by atoms with E-state index in [1.165, 1.54) is 34.3 Å². The minimum atomic E-state index is 0.382. The van der Waals surface area contributed by atoms with Gasteiger partial charge in [-0.3, -0.25) is 4.90 Å². The summed E-state index contributed by atoms with van der Waals surface area (Å²) < 4.78 is 22.4. The molecule has 2 heterocycles. The van der Waals surface area contributed by atoms with Crippen molar-refractivity contribution in [2.45, 2.75) is 30.3 Å². The lowest BCUT2D eigenvalue weighted by Gasteiger charge is -2.41. The van der Waals surface area contributed by atoms with E-state index >= 15 is 0 Å². The van der Waals surface area contributed by atoms with E-state index in [4.69, 9.17) is 18.4 Å². The average molecular weight is 450 g/mol. The van der Waals surface area contributed by atoms with E-state index in [2.05, 4.69) is 35.2 Å². The van der Waals surface area contributed by atoms with Gasteiger partial charge in [0.25, 0.3) is 0 Å². The number of hydrogen-bond donors (Lipinski definition) is 0. The molecule has 0 aromatic heterocycles. The third-order valence-electron chi connectivity index (χ3n) is 6.38. The van der Waals surface area contributed by atoms with Crippen molar-refractivity contribution in [2.75, 3.05) is 27.9 Å². The molecule has 2 aliphatic heterocycles. The molecule has 5 rings (SSSR count). The molecule has 2 aliphatic rings. The van der Waals surface area contributed by atoms with Gasteiger partial charge in [0.2, 0.25) is 0 Å². The van der Waals surface area contributed by atoms with Crippen molar-refractivity contribution in [2.24, 2.45) is 0 Å². The fraction of sp³-hybridized carbons (Fsp3) is 0.308. The van der Waals surface area contributed by atoms with Crippen molar-refractivity contribution in [1.29, 1.82) is 0 Å². The maximum absolute atomic E-state index is 6.11. The standard InChI is InChI=1S/C26H27NO4S/c1-28-20-4-7-22(8-5-20)32-31-26-14-18-13-24-23-9-6-21(29-2)12-17(23)10-11-27(24)16-19(18)15-25(26)30-3/h4-9,12,14-15,24H,10-11,13,16H2,1-3H3. The summed E-state index contributed by atoms with van der Waals surface area (Å²) in [4.78, 5) is 3.58. The van der Waals surface area contributed by atoms with Crippen LogP contribution in [0.3, 0.4) is 0 Å². The summed E-state index contributed by atoms with van der Waals surface area (Å²) in [6, 6.07) is 19.0. The molecule has 0 N–H and O–H groups in total. The summed E-state index contributed by atoms with van der Waals surface area (Å²) in [6.45, 7) is 1.98. The van der Waals surface area contributed by atoms with Gasteiger partial charge in [-0.05, 0) is 83.6 Å². The predicted octanol–water partition coefficient (Wildman–Crippen LogP) is 5.45. The van der Waals surface area contributed by atoms with E-state index in [9.17, 15) is 0 Å². The molecule has 0 aliphatic carbocycles. The number of nitrogens with zero attached hydrogens (tertiary/aromatic N) is 1. The Balaban J connectivity index is 1.39. The van der Waals surface area contributed by atoms with Crippen LogP contribution in [0.25, 0.3) is 0 Å². The molecular weight excluding hydrogens is 422 g/mol. The molecule has 1 unspecified atom stereocenters. The number of methoxy groups -OCH3 is 3. The minimum Gasteiger partial charge on any atom is -0.497 e. The van der Waals surface area contributed by atoms with Crippen molar-refractivity contribution in [3.05, 3.63) is 76.9 Å². The van der Waals surface area contributed by atoms with Gasteiger partial charge >= 0.3 is 0 Å². The molecule has 3 aromatic carbocycles. The topological polar surface area (TPSA) is 40.2 Å². The summed E-state index contributed by atoms with van der Waals surface area (Å²) in [6.07, 6.45) is 2.01. The van der Waals surface area contributed by atoms with Gasteiger partial charge in [0.15, 0.2) is 11.5 Å². The van der Waals surface area contributed by atoms with Gasteiger partial charge in [0.1, 0.15) is 11.5 Å². The van der Waals surface area contributed by atoms with Crippen molar-refractivity contribution < 1.29 is 18.4 Å². The molecule has 0 radical (unpaired) electrons. The SMILES string of the molecule is COc1ccc(SOc2cc3c(cc2OC)CN2CCc4cc(OC)ccc4C2C3)cc1. The van der Waals surface area contributed by atoms with Crippen molar-refractivity contribution in [3.63, 3.8) is 0 Å². The number of ether oxygens (including phenoxy) is 3. The van der Waals surface area contributed by atoms with Crippen molar-refractivity contribution in [1.82, 2.24) is 4.90 Å². The van der Waals surface area contributed by atoms with Crippen LogP contribution in [0, 0.1) is 0 Å². The Bertz CT molecular complexity index is 1120. The normalized spacial score (nSPS) is 17.0. The third kappa shape index (κ3) is 4.00. The first-order valence-corrected chi connectivity index (χ1v) is 11.5. The largest absolute Gasteiger partial charge is 0.497 e. The lowest BCUT2D eigenvalue weighted by atomic mass is 9.84. The molecular formula is C26H27NO4S. The summed E-state index contributed by atoms with van der Waals surface area (Å²) >= 11 is 1.33. The van der Waals surface area contributed by atoms with Gasteiger partial charge < -0.3 is 18.4 Å². The van der Waals surface area contributed by atoms with Crippen LogP contribution in [0.15, 0.2) is 59.5 Å². The maximum atomic E-state index is 6.11. The minimum absolute atomic E-state index is 0.382. The Hall–Kier alpha value is -2.83. The average Bonchev–Trinajstić information content (AvgIpc) is 2.85. The third-order valence-corrected chi connectivity index (χ3v) is 7.11. The quantitative estimate of drug-likeness (QED) is 0.466. The van der Waals surface area contributed by atoms with Crippen molar-refractivity contribution >= 4 is 12.0 Å². The van der Waals surface area contributed by atoms with Gasteiger partial charge in [-0.1, -0.05) is 6.07 Å². The molecule has 32 heavy (non-hydrogen) atoms. The second-order valence-electron chi connectivity index (χ2n) is 8.12. The van der Waals surface area contributed by atoms with Gasteiger partial charge in [-0.25, -0.2) is 0 Å². The number of rotatable bonds is 6. The highest BCUT2D eigenvalue weighted by Gasteiger charge is 2.33. The molecule has 0 saturated heterocycles. The second kappa shape index (κ2) is 8.96. The zero-order valence-corrected chi connectivity index (χ0v) is 19.4. The lowest BCUT2D eigenvalue weighted by Crippen LogP contribution is -2.39.